The summed E-state index contributed by atoms with van der Waals surface area (Å²) in [4.78, 5) is 7.09. The molecule has 2 heterocycles. The minimum absolute atomic E-state index is 0.0496. The van der Waals surface area contributed by atoms with Gasteiger partial charge in [0.15, 0.2) is 23.3 Å². The number of imidazole rings is 2. The highest BCUT2D eigenvalue weighted by molar-refractivity contribution is 9.08. The average molecular weight is 759 g/mol. The van der Waals surface area contributed by atoms with E-state index < -0.39 is 88.1 Å². The molecule has 16 heteroatoms. The van der Waals surface area contributed by atoms with Crippen LogP contribution in [0.2, 0.25) is 0 Å². The molecule has 0 bridgehead atoms. The first-order valence-electron chi connectivity index (χ1n) is 14.3. The molecule has 0 aliphatic rings. The van der Waals surface area contributed by atoms with E-state index >= 15 is 8.78 Å². The van der Waals surface area contributed by atoms with Crippen molar-refractivity contribution >= 4 is 38.0 Å². The van der Waals surface area contributed by atoms with E-state index in [4.69, 9.17) is 4.74 Å². The van der Waals surface area contributed by atoms with Crippen molar-refractivity contribution in [1.29, 1.82) is 0 Å². The SMILES string of the molecule is Cc1c(COCc2cc3nc(C(F)(F)F)n(-c4cccc(CBr)c4C)c3c(F)c2F)cccc1-n1c(C(F)(F)F)nc2ccc(F)c(F)c21. The zero-order chi connectivity index (χ0) is 35.6. The Hall–Kier alpha value is -4.44. The fraction of sp³-hybridized carbons (Fsp3) is 0.212. The van der Waals surface area contributed by atoms with Gasteiger partial charge in [0, 0.05) is 10.9 Å². The summed E-state index contributed by atoms with van der Waals surface area (Å²) < 4.78 is 151. The zero-order valence-electron chi connectivity index (χ0n) is 25.2. The summed E-state index contributed by atoms with van der Waals surface area (Å²) in [6.45, 7) is 1.86. The van der Waals surface area contributed by atoms with Gasteiger partial charge in [0.05, 0.1) is 35.6 Å². The maximum absolute atomic E-state index is 15.6. The Morgan fingerprint density at radius 2 is 1.14 bits per heavy atom. The molecule has 0 aliphatic carbocycles. The lowest BCUT2D eigenvalue weighted by Crippen LogP contribution is -2.15. The molecule has 0 aliphatic heterocycles. The number of nitrogens with zero attached hydrogens (tertiary/aromatic N) is 4. The van der Waals surface area contributed by atoms with Gasteiger partial charge in [-0.3, -0.25) is 9.13 Å². The molecule has 0 saturated carbocycles. The Balaban J connectivity index is 1.37. The van der Waals surface area contributed by atoms with Crippen molar-refractivity contribution < 1.29 is 48.6 Å². The van der Waals surface area contributed by atoms with E-state index in [0.717, 1.165) is 12.1 Å². The van der Waals surface area contributed by atoms with Crippen molar-refractivity contribution in [3.8, 4) is 11.4 Å². The van der Waals surface area contributed by atoms with E-state index in [2.05, 4.69) is 25.9 Å². The summed E-state index contributed by atoms with van der Waals surface area (Å²) in [6.07, 6.45) is -10.1. The summed E-state index contributed by atoms with van der Waals surface area (Å²) in [6, 6.07) is 11.0. The van der Waals surface area contributed by atoms with Gasteiger partial charge in [-0.2, -0.15) is 26.3 Å². The van der Waals surface area contributed by atoms with Gasteiger partial charge >= 0.3 is 12.4 Å². The van der Waals surface area contributed by atoms with E-state index in [1.54, 1.807) is 13.0 Å². The second-order valence-electron chi connectivity index (χ2n) is 11.0. The minimum Gasteiger partial charge on any atom is -0.372 e. The topological polar surface area (TPSA) is 44.9 Å². The molecule has 0 unspecified atom stereocenters. The molecule has 0 atom stereocenters. The van der Waals surface area contributed by atoms with E-state index in [0.29, 0.717) is 31.7 Å². The Kier molecular flexibility index (Phi) is 8.76. The van der Waals surface area contributed by atoms with Crippen molar-refractivity contribution in [2.45, 2.75) is 44.7 Å². The molecule has 49 heavy (non-hydrogen) atoms. The van der Waals surface area contributed by atoms with Crippen molar-refractivity contribution in [3.05, 3.63) is 117 Å². The van der Waals surface area contributed by atoms with Crippen LogP contribution in [-0.2, 0) is 35.6 Å². The summed E-state index contributed by atoms with van der Waals surface area (Å²) in [5.41, 5.74) is -1.77. The third-order valence-electron chi connectivity index (χ3n) is 8.09. The molecule has 6 rings (SSSR count). The lowest BCUT2D eigenvalue weighted by Gasteiger charge is -2.17. The van der Waals surface area contributed by atoms with Crippen molar-refractivity contribution in [3.63, 3.8) is 0 Å². The van der Waals surface area contributed by atoms with Crippen LogP contribution in [0.4, 0.5) is 43.9 Å². The van der Waals surface area contributed by atoms with Crippen LogP contribution >= 0.6 is 15.9 Å². The fourth-order valence-corrected chi connectivity index (χ4v) is 6.28. The molecule has 0 amide bonds. The fourth-order valence-electron chi connectivity index (χ4n) is 5.68. The molecule has 0 saturated heterocycles. The van der Waals surface area contributed by atoms with Crippen LogP contribution in [0.25, 0.3) is 33.4 Å². The number of ether oxygens (including phenoxy) is 1. The zero-order valence-corrected chi connectivity index (χ0v) is 26.8. The number of fused-ring (bicyclic) bond motifs is 2. The van der Waals surface area contributed by atoms with Gasteiger partial charge in [0.2, 0.25) is 11.6 Å². The molecule has 0 N–H and O–H groups in total. The number of rotatable bonds is 7. The summed E-state index contributed by atoms with van der Waals surface area (Å²) >= 11 is 3.26. The second-order valence-corrected chi connectivity index (χ2v) is 11.6. The van der Waals surface area contributed by atoms with Crippen LogP contribution in [0, 0.1) is 37.1 Å². The highest BCUT2D eigenvalue weighted by Crippen LogP contribution is 2.39. The Labute approximate surface area is 278 Å². The van der Waals surface area contributed by atoms with Gasteiger partial charge in [-0.05, 0) is 66.4 Å². The van der Waals surface area contributed by atoms with Crippen LogP contribution in [0.15, 0.2) is 54.6 Å². The number of benzene rings is 4. The molecule has 0 radical (unpaired) electrons. The summed E-state index contributed by atoms with van der Waals surface area (Å²) in [5.74, 6) is -8.99. The Morgan fingerprint density at radius 3 is 1.71 bits per heavy atom. The first-order chi connectivity index (χ1) is 23.0. The predicted octanol–water partition coefficient (Wildman–Crippen LogP) is 10.2. The number of alkyl halides is 7. The molecule has 0 spiro atoms. The molecular weight excluding hydrogens is 738 g/mol. The predicted molar refractivity (Wildman–Crippen MR) is 163 cm³/mol. The van der Waals surface area contributed by atoms with Crippen LogP contribution in [0.1, 0.15) is 39.5 Å². The van der Waals surface area contributed by atoms with Crippen molar-refractivity contribution in [2.24, 2.45) is 0 Å². The van der Waals surface area contributed by atoms with Crippen molar-refractivity contribution in [1.82, 2.24) is 19.1 Å². The smallest absolute Gasteiger partial charge is 0.372 e. The molecule has 5 nitrogen and oxygen atoms in total. The second kappa shape index (κ2) is 12.5. The average Bonchev–Trinajstić information content (AvgIpc) is 3.62. The first-order valence-corrected chi connectivity index (χ1v) is 15.4. The largest absolute Gasteiger partial charge is 0.450 e. The highest BCUT2D eigenvalue weighted by atomic mass is 79.9. The summed E-state index contributed by atoms with van der Waals surface area (Å²) in [5, 5.41) is 0.291. The third-order valence-corrected chi connectivity index (χ3v) is 8.69. The van der Waals surface area contributed by atoms with Gasteiger partial charge in [-0.1, -0.05) is 40.2 Å². The van der Waals surface area contributed by atoms with Crippen LogP contribution < -0.4 is 0 Å². The maximum Gasteiger partial charge on any atom is 0.450 e. The number of hydrogen-bond acceptors (Lipinski definition) is 3. The van der Waals surface area contributed by atoms with Gasteiger partial charge < -0.3 is 4.74 Å². The molecule has 2 aromatic heterocycles. The van der Waals surface area contributed by atoms with Crippen LogP contribution in [-0.4, -0.2) is 19.1 Å². The van der Waals surface area contributed by atoms with E-state index in [1.807, 2.05) is 0 Å². The monoisotopic (exact) mass is 758 g/mol. The minimum atomic E-state index is -5.06. The van der Waals surface area contributed by atoms with Crippen LogP contribution in [0.3, 0.4) is 0 Å². The highest BCUT2D eigenvalue weighted by Gasteiger charge is 2.41. The van der Waals surface area contributed by atoms with E-state index in [1.165, 1.54) is 37.3 Å². The van der Waals surface area contributed by atoms with Crippen molar-refractivity contribution in [2.75, 3.05) is 0 Å². The molecule has 256 valence electrons. The van der Waals surface area contributed by atoms with Gasteiger partial charge in [-0.25, -0.2) is 27.5 Å². The molecule has 4 aromatic carbocycles. The number of halogens is 11. The summed E-state index contributed by atoms with van der Waals surface area (Å²) in [7, 11) is 0. The number of hydrogen-bond donors (Lipinski definition) is 0. The first kappa shape index (κ1) is 34.4. The molecule has 0 fully saturated rings. The third kappa shape index (κ3) is 5.94. The van der Waals surface area contributed by atoms with E-state index in [-0.39, 0.29) is 22.5 Å². The number of aromatic nitrogens is 4. The standard InChI is InChI=1S/C33H21BrF10N4O/c1-15-17(12-34)5-3-7-23(15)48-29-22(46-31(48)33(42,43)44)11-19(25(36)27(29)38)14-49-13-18-6-4-8-24(16(18)2)47-28-21(10-9-20(35)26(28)37)45-30(47)32(39,40)41/h3-11H,12-14H2,1-2H3. The Morgan fingerprint density at radius 1 is 0.633 bits per heavy atom. The maximum atomic E-state index is 15.6. The lowest BCUT2D eigenvalue weighted by atomic mass is 10.1. The quantitative estimate of drug-likeness (QED) is 0.120. The van der Waals surface area contributed by atoms with Gasteiger partial charge in [0.1, 0.15) is 11.0 Å². The normalized spacial score (nSPS) is 12.5. The van der Waals surface area contributed by atoms with Crippen LogP contribution in [0.5, 0.6) is 0 Å². The Bertz CT molecular complexity index is 2260. The van der Waals surface area contributed by atoms with E-state index in [9.17, 15) is 35.1 Å². The molecule has 6 aromatic rings. The lowest BCUT2D eigenvalue weighted by molar-refractivity contribution is -0.146. The van der Waals surface area contributed by atoms with Gasteiger partial charge in [0.25, 0.3) is 0 Å². The van der Waals surface area contributed by atoms with Gasteiger partial charge in [-0.15, -0.1) is 0 Å². The molecular formula is C33H21BrF10N4O.